The van der Waals surface area contributed by atoms with Crippen LogP contribution in [0.5, 0.6) is 0 Å². The standard InChI is InChI=1S/C25H25N5O3/c1-2-12-29-13-14-30(25(33)22-9-10-23(31)28-27-22)17-20(24(29)32)15-18-6-3-4-8-21(18)19-7-5-11-26-16-19/h2-11,16,20H,1,12-15,17H2,(H,28,31). The fourth-order valence-electron chi connectivity index (χ4n) is 4.11. The molecule has 0 spiro atoms. The molecule has 1 atom stereocenters. The lowest BCUT2D eigenvalue weighted by Gasteiger charge is -2.24. The molecule has 1 aliphatic heterocycles. The number of rotatable bonds is 6. The Balaban J connectivity index is 1.64. The summed E-state index contributed by atoms with van der Waals surface area (Å²) in [6.45, 7) is 5.22. The number of amides is 2. The topological polar surface area (TPSA) is 99.3 Å². The first kappa shape index (κ1) is 22.1. The molecule has 1 unspecified atom stereocenters. The minimum Gasteiger partial charge on any atom is -0.337 e. The third-order valence-corrected chi connectivity index (χ3v) is 5.73. The maximum Gasteiger partial charge on any atom is 0.274 e. The lowest BCUT2D eigenvalue weighted by molar-refractivity contribution is -0.134. The Hall–Kier alpha value is -4.07. The number of hydrogen-bond acceptors (Lipinski definition) is 5. The number of hydrogen-bond donors (Lipinski definition) is 1. The van der Waals surface area contributed by atoms with Crippen LogP contribution in [-0.4, -0.2) is 63.0 Å². The fourth-order valence-corrected chi connectivity index (χ4v) is 4.11. The highest BCUT2D eigenvalue weighted by Crippen LogP contribution is 2.27. The molecule has 33 heavy (non-hydrogen) atoms. The molecule has 2 amide bonds. The van der Waals surface area contributed by atoms with Crippen LogP contribution in [0, 0.1) is 5.92 Å². The Bertz CT molecular complexity index is 1190. The molecule has 0 aliphatic carbocycles. The lowest BCUT2D eigenvalue weighted by atomic mass is 9.91. The summed E-state index contributed by atoms with van der Waals surface area (Å²) in [5.41, 5.74) is 2.77. The van der Waals surface area contributed by atoms with E-state index < -0.39 is 5.92 Å². The van der Waals surface area contributed by atoms with Gasteiger partial charge in [0.05, 0.1) is 5.92 Å². The largest absolute Gasteiger partial charge is 0.337 e. The van der Waals surface area contributed by atoms with E-state index in [2.05, 4.69) is 21.8 Å². The Morgan fingerprint density at radius 2 is 1.97 bits per heavy atom. The van der Waals surface area contributed by atoms with Crippen LogP contribution in [0.1, 0.15) is 16.1 Å². The zero-order valence-corrected chi connectivity index (χ0v) is 18.2. The van der Waals surface area contributed by atoms with Crippen molar-refractivity contribution in [3.8, 4) is 11.1 Å². The van der Waals surface area contributed by atoms with Crippen molar-refractivity contribution in [2.24, 2.45) is 5.92 Å². The van der Waals surface area contributed by atoms with Gasteiger partial charge in [-0.1, -0.05) is 36.4 Å². The van der Waals surface area contributed by atoms with E-state index in [9.17, 15) is 14.4 Å². The van der Waals surface area contributed by atoms with Gasteiger partial charge in [-0.05, 0) is 29.7 Å². The molecular formula is C25H25N5O3. The van der Waals surface area contributed by atoms with Crippen LogP contribution in [0.25, 0.3) is 11.1 Å². The van der Waals surface area contributed by atoms with Gasteiger partial charge in [0.25, 0.3) is 11.5 Å². The van der Waals surface area contributed by atoms with Gasteiger partial charge in [0.1, 0.15) is 5.69 Å². The number of aromatic nitrogens is 3. The van der Waals surface area contributed by atoms with Gasteiger partial charge in [-0.3, -0.25) is 19.4 Å². The van der Waals surface area contributed by atoms with Crippen molar-refractivity contribution in [1.82, 2.24) is 25.0 Å². The van der Waals surface area contributed by atoms with Gasteiger partial charge in [0, 0.05) is 50.2 Å². The molecule has 0 saturated carbocycles. The summed E-state index contributed by atoms with van der Waals surface area (Å²) in [7, 11) is 0. The summed E-state index contributed by atoms with van der Waals surface area (Å²) in [6.07, 6.45) is 5.69. The monoisotopic (exact) mass is 443 g/mol. The highest BCUT2D eigenvalue weighted by molar-refractivity contribution is 5.93. The smallest absolute Gasteiger partial charge is 0.274 e. The average molecular weight is 444 g/mol. The number of nitrogens with one attached hydrogen (secondary N) is 1. The van der Waals surface area contributed by atoms with Crippen LogP contribution in [0.15, 0.2) is 78.4 Å². The molecule has 3 heterocycles. The Kier molecular flexibility index (Phi) is 6.73. The molecule has 1 fully saturated rings. The van der Waals surface area contributed by atoms with Gasteiger partial charge in [0.15, 0.2) is 0 Å². The first-order chi connectivity index (χ1) is 16.1. The number of benzene rings is 1. The SMILES string of the molecule is C=CCN1CCN(C(=O)c2ccc(=O)[nH]n2)CC(Cc2ccccc2-c2cccnc2)C1=O. The summed E-state index contributed by atoms with van der Waals surface area (Å²) < 4.78 is 0. The number of carbonyl (C=O) groups excluding carboxylic acids is 2. The van der Waals surface area contributed by atoms with Crippen molar-refractivity contribution >= 4 is 11.8 Å². The Morgan fingerprint density at radius 1 is 1.12 bits per heavy atom. The highest BCUT2D eigenvalue weighted by Gasteiger charge is 2.33. The molecule has 1 aliphatic rings. The molecule has 2 aromatic heterocycles. The van der Waals surface area contributed by atoms with Crippen molar-refractivity contribution < 1.29 is 9.59 Å². The van der Waals surface area contributed by atoms with Gasteiger partial charge in [0.2, 0.25) is 5.91 Å². The molecule has 0 radical (unpaired) electrons. The van der Waals surface area contributed by atoms with Crippen molar-refractivity contribution in [1.29, 1.82) is 0 Å². The van der Waals surface area contributed by atoms with Crippen molar-refractivity contribution in [3.05, 3.63) is 95.2 Å². The average Bonchev–Trinajstić information content (AvgIpc) is 2.99. The number of H-pyrrole nitrogens is 1. The van der Waals surface area contributed by atoms with Gasteiger partial charge in [-0.15, -0.1) is 6.58 Å². The van der Waals surface area contributed by atoms with Crippen LogP contribution in [0.3, 0.4) is 0 Å². The quantitative estimate of drug-likeness (QED) is 0.589. The van der Waals surface area contributed by atoms with E-state index >= 15 is 0 Å². The number of carbonyl (C=O) groups is 2. The highest BCUT2D eigenvalue weighted by atomic mass is 16.2. The normalized spacial score (nSPS) is 16.4. The van der Waals surface area contributed by atoms with Crippen LogP contribution in [0.2, 0.25) is 0 Å². The van der Waals surface area contributed by atoms with Crippen molar-refractivity contribution in [2.75, 3.05) is 26.2 Å². The maximum absolute atomic E-state index is 13.4. The lowest BCUT2D eigenvalue weighted by Crippen LogP contribution is -2.38. The summed E-state index contributed by atoms with van der Waals surface area (Å²) in [5, 5.41) is 6.17. The molecule has 0 bridgehead atoms. The van der Waals surface area contributed by atoms with E-state index in [0.717, 1.165) is 16.7 Å². The maximum atomic E-state index is 13.4. The second-order valence-corrected chi connectivity index (χ2v) is 7.93. The number of nitrogens with zero attached hydrogens (tertiary/aromatic N) is 4. The van der Waals surface area contributed by atoms with Gasteiger partial charge >= 0.3 is 0 Å². The molecule has 3 aromatic rings. The van der Waals surface area contributed by atoms with Gasteiger partial charge in [-0.2, -0.15) is 5.10 Å². The van der Waals surface area contributed by atoms with Crippen molar-refractivity contribution in [3.63, 3.8) is 0 Å². The molecule has 1 saturated heterocycles. The van der Waals surface area contributed by atoms with Crippen LogP contribution >= 0.6 is 0 Å². The molecular weight excluding hydrogens is 418 g/mol. The second-order valence-electron chi connectivity index (χ2n) is 7.93. The third-order valence-electron chi connectivity index (χ3n) is 5.73. The van der Waals surface area contributed by atoms with Crippen molar-refractivity contribution in [2.45, 2.75) is 6.42 Å². The Morgan fingerprint density at radius 3 is 2.70 bits per heavy atom. The van der Waals surface area contributed by atoms with Gasteiger partial charge in [-0.25, -0.2) is 5.10 Å². The van der Waals surface area contributed by atoms with E-state index in [1.807, 2.05) is 36.4 Å². The minimum absolute atomic E-state index is 0.0133. The molecule has 8 nitrogen and oxygen atoms in total. The molecule has 4 rings (SSSR count). The molecule has 168 valence electrons. The number of aromatic amines is 1. The zero-order chi connectivity index (χ0) is 23.2. The van der Waals surface area contributed by atoms with Crippen LogP contribution in [-0.2, 0) is 11.2 Å². The summed E-state index contributed by atoms with van der Waals surface area (Å²) in [6, 6.07) is 14.5. The van der Waals surface area contributed by atoms with E-state index in [0.29, 0.717) is 26.1 Å². The molecule has 8 heteroatoms. The van der Waals surface area contributed by atoms with E-state index in [4.69, 9.17) is 0 Å². The van der Waals surface area contributed by atoms with Crippen LogP contribution in [0.4, 0.5) is 0 Å². The zero-order valence-electron chi connectivity index (χ0n) is 18.2. The summed E-state index contributed by atoms with van der Waals surface area (Å²) in [5.74, 6) is -0.761. The first-order valence-electron chi connectivity index (χ1n) is 10.8. The summed E-state index contributed by atoms with van der Waals surface area (Å²) >= 11 is 0. The van der Waals surface area contributed by atoms with E-state index in [1.165, 1.54) is 12.1 Å². The summed E-state index contributed by atoms with van der Waals surface area (Å²) in [4.78, 5) is 45.4. The first-order valence-corrected chi connectivity index (χ1v) is 10.8. The molecule has 1 aromatic carbocycles. The van der Waals surface area contributed by atoms with E-state index in [-0.39, 0.29) is 29.6 Å². The van der Waals surface area contributed by atoms with Crippen LogP contribution < -0.4 is 5.56 Å². The predicted octanol–water partition coefficient (Wildman–Crippen LogP) is 2.16. The molecule has 1 N–H and O–H groups in total. The van der Waals surface area contributed by atoms with E-state index in [1.54, 1.807) is 28.3 Å². The second kappa shape index (κ2) is 10.0. The minimum atomic E-state index is -0.433. The number of pyridine rings is 1. The fraction of sp³-hybridized carbons (Fsp3) is 0.240. The predicted molar refractivity (Wildman–Crippen MR) is 124 cm³/mol. The van der Waals surface area contributed by atoms with Gasteiger partial charge < -0.3 is 9.80 Å². The Labute approximate surface area is 191 Å². The third kappa shape index (κ3) is 5.06.